The molecule has 0 radical (unpaired) electrons. The average molecular weight is 240 g/mol. The molecule has 0 fully saturated rings. The molecule has 2 heterocycles. The topological polar surface area (TPSA) is 25.2 Å². The van der Waals surface area contributed by atoms with Crippen LogP contribution in [0.3, 0.4) is 0 Å². The van der Waals surface area contributed by atoms with Gasteiger partial charge >= 0.3 is 0 Å². The Morgan fingerprint density at radius 3 is 2.83 bits per heavy atom. The van der Waals surface area contributed by atoms with Gasteiger partial charge in [-0.3, -0.25) is 4.79 Å². The van der Waals surface area contributed by atoms with Crippen molar-refractivity contribution in [3.05, 3.63) is 53.3 Å². The minimum Gasteiger partial charge on any atom is -0.378 e. The number of anilines is 1. The Labute approximate surface area is 107 Å². The molecule has 3 heteroatoms. The molecule has 1 aliphatic heterocycles. The van der Waals surface area contributed by atoms with Crippen LogP contribution < -0.4 is 4.90 Å². The summed E-state index contributed by atoms with van der Waals surface area (Å²) in [6.07, 6.45) is 2.89. The van der Waals surface area contributed by atoms with Crippen LogP contribution in [0.1, 0.15) is 21.6 Å². The molecule has 0 N–H and O–H groups in total. The van der Waals surface area contributed by atoms with Gasteiger partial charge in [-0.15, -0.1) is 0 Å². The highest BCUT2D eigenvalue weighted by molar-refractivity contribution is 6.09. The van der Waals surface area contributed by atoms with Crippen molar-refractivity contribution in [3.63, 3.8) is 0 Å². The highest BCUT2D eigenvalue weighted by atomic mass is 16.1. The third kappa shape index (κ3) is 1.63. The number of ketones is 1. The molecule has 0 unspecified atom stereocenters. The molecule has 1 aromatic carbocycles. The van der Waals surface area contributed by atoms with Gasteiger partial charge in [-0.2, -0.15) is 0 Å². The van der Waals surface area contributed by atoms with Gasteiger partial charge in [0.1, 0.15) is 0 Å². The number of hydrogen-bond donors (Lipinski definition) is 0. The number of nitrogens with zero attached hydrogens (tertiary/aromatic N) is 2. The predicted molar refractivity (Wildman–Crippen MR) is 72.3 cm³/mol. The second kappa shape index (κ2) is 4.02. The summed E-state index contributed by atoms with van der Waals surface area (Å²) in [6, 6.07) is 10.00. The molecule has 2 aromatic rings. The first-order chi connectivity index (χ1) is 8.66. The lowest BCUT2D eigenvalue weighted by Gasteiger charge is -2.14. The van der Waals surface area contributed by atoms with E-state index < -0.39 is 0 Å². The van der Waals surface area contributed by atoms with Crippen molar-refractivity contribution >= 4 is 11.5 Å². The monoisotopic (exact) mass is 240 g/mol. The van der Waals surface area contributed by atoms with E-state index in [4.69, 9.17) is 0 Å². The SMILES string of the molecule is CN(C)c1ccc2c(c1)C(=O)c1cccn1CC2. The number of fused-ring (bicyclic) bond motifs is 2. The Hall–Kier alpha value is -2.03. The highest BCUT2D eigenvalue weighted by Gasteiger charge is 2.21. The summed E-state index contributed by atoms with van der Waals surface area (Å²) in [6.45, 7) is 0.877. The summed E-state index contributed by atoms with van der Waals surface area (Å²) in [5.41, 5.74) is 3.86. The fourth-order valence-corrected chi connectivity index (χ4v) is 2.47. The van der Waals surface area contributed by atoms with E-state index in [2.05, 4.69) is 12.1 Å². The number of aromatic nitrogens is 1. The van der Waals surface area contributed by atoms with Crippen LogP contribution in [-0.4, -0.2) is 24.4 Å². The number of rotatable bonds is 1. The summed E-state index contributed by atoms with van der Waals surface area (Å²) < 4.78 is 2.04. The van der Waals surface area contributed by atoms with Crippen LogP contribution in [0, 0.1) is 0 Å². The summed E-state index contributed by atoms with van der Waals surface area (Å²) in [7, 11) is 3.98. The maximum absolute atomic E-state index is 12.5. The van der Waals surface area contributed by atoms with Crippen molar-refractivity contribution in [1.82, 2.24) is 4.57 Å². The normalized spacial score (nSPS) is 13.8. The Morgan fingerprint density at radius 2 is 2.06 bits per heavy atom. The molecule has 0 saturated carbocycles. The van der Waals surface area contributed by atoms with Crippen LogP contribution in [0.25, 0.3) is 0 Å². The first-order valence-corrected chi connectivity index (χ1v) is 6.17. The molecule has 18 heavy (non-hydrogen) atoms. The van der Waals surface area contributed by atoms with Crippen molar-refractivity contribution in [3.8, 4) is 0 Å². The molecule has 0 aliphatic carbocycles. The molecule has 0 saturated heterocycles. The lowest BCUT2D eigenvalue weighted by atomic mass is 10.00. The van der Waals surface area contributed by atoms with Crippen LogP contribution >= 0.6 is 0 Å². The van der Waals surface area contributed by atoms with E-state index in [0.717, 1.165) is 35.5 Å². The quantitative estimate of drug-likeness (QED) is 0.764. The maximum atomic E-state index is 12.5. The Balaban J connectivity index is 2.15. The summed E-state index contributed by atoms with van der Waals surface area (Å²) in [5, 5.41) is 0. The van der Waals surface area contributed by atoms with Crippen LogP contribution in [-0.2, 0) is 13.0 Å². The van der Waals surface area contributed by atoms with E-state index >= 15 is 0 Å². The van der Waals surface area contributed by atoms with Crippen molar-refractivity contribution in [2.24, 2.45) is 0 Å². The molecule has 1 aromatic heterocycles. The van der Waals surface area contributed by atoms with E-state index in [-0.39, 0.29) is 5.78 Å². The minimum absolute atomic E-state index is 0.135. The summed E-state index contributed by atoms with van der Waals surface area (Å²) in [5.74, 6) is 0.135. The van der Waals surface area contributed by atoms with E-state index in [1.54, 1.807) is 0 Å². The first kappa shape index (κ1) is 11.1. The third-order valence-corrected chi connectivity index (χ3v) is 3.54. The summed E-state index contributed by atoms with van der Waals surface area (Å²) in [4.78, 5) is 14.5. The van der Waals surface area contributed by atoms with Gasteiger partial charge in [0.15, 0.2) is 0 Å². The number of aryl methyl sites for hydroxylation is 2. The molecule has 0 amide bonds. The van der Waals surface area contributed by atoms with Gasteiger partial charge in [0.25, 0.3) is 0 Å². The van der Waals surface area contributed by atoms with E-state index in [1.807, 2.05) is 48.0 Å². The molecule has 0 bridgehead atoms. The number of benzene rings is 1. The number of carbonyl (C=O) groups excluding carboxylic acids is 1. The lowest BCUT2D eigenvalue weighted by molar-refractivity contribution is 0.103. The minimum atomic E-state index is 0.135. The predicted octanol–water partition coefficient (Wildman–Crippen LogP) is 2.34. The zero-order valence-electron chi connectivity index (χ0n) is 10.7. The van der Waals surface area contributed by atoms with Crippen molar-refractivity contribution < 1.29 is 4.79 Å². The van der Waals surface area contributed by atoms with Crippen molar-refractivity contribution in [2.75, 3.05) is 19.0 Å². The Morgan fingerprint density at radius 1 is 1.22 bits per heavy atom. The van der Waals surface area contributed by atoms with Crippen LogP contribution in [0.2, 0.25) is 0 Å². The van der Waals surface area contributed by atoms with Crippen LogP contribution in [0.15, 0.2) is 36.5 Å². The van der Waals surface area contributed by atoms with Gasteiger partial charge in [-0.1, -0.05) is 6.07 Å². The maximum Gasteiger partial charge on any atom is 0.209 e. The molecule has 1 aliphatic rings. The van der Waals surface area contributed by atoms with Gasteiger partial charge in [-0.05, 0) is 36.2 Å². The molecular weight excluding hydrogens is 224 g/mol. The standard InChI is InChI=1S/C15H16N2O/c1-16(2)12-6-5-11-7-9-17-8-3-4-14(17)15(18)13(11)10-12/h3-6,8,10H,7,9H2,1-2H3. The number of hydrogen-bond acceptors (Lipinski definition) is 2. The van der Waals surface area contributed by atoms with E-state index in [0.29, 0.717) is 0 Å². The molecule has 0 spiro atoms. The molecule has 92 valence electrons. The average Bonchev–Trinajstić information content (AvgIpc) is 2.79. The second-order valence-electron chi connectivity index (χ2n) is 4.90. The van der Waals surface area contributed by atoms with Crippen LogP contribution in [0.5, 0.6) is 0 Å². The largest absolute Gasteiger partial charge is 0.378 e. The zero-order valence-corrected chi connectivity index (χ0v) is 10.7. The van der Waals surface area contributed by atoms with Gasteiger partial charge in [0, 0.05) is 38.1 Å². The molecule has 0 atom stereocenters. The smallest absolute Gasteiger partial charge is 0.209 e. The second-order valence-corrected chi connectivity index (χ2v) is 4.90. The van der Waals surface area contributed by atoms with Crippen molar-refractivity contribution in [1.29, 1.82) is 0 Å². The van der Waals surface area contributed by atoms with Gasteiger partial charge < -0.3 is 9.47 Å². The fraction of sp³-hybridized carbons (Fsp3) is 0.267. The highest BCUT2D eigenvalue weighted by Crippen LogP contribution is 2.24. The van der Waals surface area contributed by atoms with Gasteiger partial charge in [0.2, 0.25) is 5.78 Å². The molecular formula is C15H16N2O. The molecule has 3 rings (SSSR count). The first-order valence-electron chi connectivity index (χ1n) is 6.17. The van der Waals surface area contributed by atoms with Crippen molar-refractivity contribution in [2.45, 2.75) is 13.0 Å². The fourth-order valence-electron chi connectivity index (χ4n) is 2.47. The molecule has 3 nitrogen and oxygen atoms in total. The van der Waals surface area contributed by atoms with Gasteiger partial charge in [0.05, 0.1) is 5.69 Å². The van der Waals surface area contributed by atoms with Crippen LogP contribution in [0.4, 0.5) is 5.69 Å². The lowest BCUT2D eigenvalue weighted by Crippen LogP contribution is -2.11. The van der Waals surface area contributed by atoms with E-state index in [9.17, 15) is 4.79 Å². The summed E-state index contributed by atoms with van der Waals surface area (Å²) >= 11 is 0. The Bertz CT molecular complexity index is 611. The van der Waals surface area contributed by atoms with Gasteiger partial charge in [-0.25, -0.2) is 0 Å². The third-order valence-electron chi connectivity index (χ3n) is 3.54. The zero-order chi connectivity index (χ0) is 12.7. The Kier molecular flexibility index (Phi) is 2.47. The van der Waals surface area contributed by atoms with E-state index in [1.165, 1.54) is 0 Å². The number of carbonyl (C=O) groups is 1.